The number of ether oxygens (including phenoxy) is 2. The van der Waals surface area contributed by atoms with Gasteiger partial charge in [-0.25, -0.2) is 9.78 Å². The first-order chi connectivity index (χ1) is 14.4. The number of halogens is 3. The van der Waals surface area contributed by atoms with Crippen molar-refractivity contribution in [2.24, 2.45) is 0 Å². The Morgan fingerprint density at radius 2 is 1.93 bits per heavy atom. The molecule has 30 heavy (non-hydrogen) atoms. The predicted molar refractivity (Wildman–Crippen MR) is 104 cm³/mol. The molecule has 1 fully saturated rings. The van der Waals surface area contributed by atoms with Crippen LogP contribution in [-0.4, -0.2) is 40.8 Å². The van der Waals surface area contributed by atoms with Gasteiger partial charge in [-0.1, -0.05) is 36.4 Å². The van der Waals surface area contributed by atoms with Gasteiger partial charge in [0.1, 0.15) is 6.61 Å². The lowest BCUT2D eigenvalue weighted by molar-refractivity contribution is -0.154. The number of fused-ring (bicyclic) bond motifs is 2. The zero-order chi connectivity index (χ0) is 21.1. The summed E-state index contributed by atoms with van der Waals surface area (Å²) in [4.78, 5) is 18.4. The highest BCUT2D eigenvalue weighted by molar-refractivity contribution is 5.74. The van der Waals surface area contributed by atoms with Crippen molar-refractivity contribution in [2.45, 2.75) is 44.1 Å². The molecule has 2 atom stereocenters. The van der Waals surface area contributed by atoms with Crippen LogP contribution < -0.4 is 4.74 Å². The molecule has 0 spiro atoms. The lowest BCUT2D eigenvalue weighted by Gasteiger charge is -2.33. The van der Waals surface area contributed by atoms with Crippen LogP contribution in [0.4, 0.5) is 18.0 Å². The average Bonchev–Trinajstić information content (AvgIpc) is 3.00. The number of rotatable bonds is 5. The molecule has 0 saturated carbocycles. The van der Waals surface area contributed by atoms with Crippen molar-refractivity contribution in [3.8, 4) is 5.88 Å². The van der Waals surface area contributed by atoms with Crippen molar-refractivity contribution in [1.29, 1.82) is 0 Å². The number of hydrogen-bond donors (Lipinski definition) is 0. The van der Waals surface area contributed by atoms with Crippen molar-refractivity contribution >= 4 is 11.7 Å². The van der Waals surface area contributed by atoms with Gasteiger partial charge in [0.2, 0.25) is 5.88 Å². The molecule has 0 N–H and O–H groups in total. The highest BCUT2D eigenvalue weighted by Crippen LogP contribution is 2.39. The maximum atomic E-state index is 12.6. The van der Waals surface area contributed by atoms with Gasteiger partial charge in [-0.05, 0) is 42.0 Å². The molecule has 2 aliphatic rings. The fourth-order valence-electron chi connectivity index (χ4n) is 3.93. The van der Waals surface area contributed by atoms with Crippen molar-refractivity contribution in [3.05, 3.63) is 65.9 Å². The van der Waals surface area contributed by atoms with Gasteiger partial charge in [-0.3, -0.25) is 4.90 Å². The molecule has 1 aromatic heterocycles. The van der Waals surface area contributed by atoms with E-state index in [4.69, 9.17) is 4.74 Å². The van der Waals surface area contributed by atoms with E-state index >= 15 is 0 Å². The number of benzene rings is 1. The second-order valence-corrected chi connectivity index (χ2v) is 7.43. The summed E-state index contributed by atoms with van der Waals surface area (Å²) in [7, 11) is 0. The number of carbonyl (C=O) groups is 1. The van der Waals surface area contributed by atoms with Gasteiger partial charge >= 0.3 is 12.3 Å². The molecule has 1 saturated heterocycles. The maximum Gasteiger partial charge on any atom is 0.422 e. The molecule has 2 aliphatic heterocycles. The summed E-state index contributed by atoms with van der Waals surface area (Å²) in [5.74, 6) is -0.0680. The second kappa shape index (κ2) is 8.38. The zero-order valence-electron chi connectivity index (χ0n) is 16.1. The van der Waals surface area contributed by atoms with Crippen LogP contribution in [0.25, 0.3) is 5.57 Å². The van der Waals surface area contributed by atoms with Crippen LogP contribution >= 0.6 is 0 Å². The lowest BCUT2D eigenvalue weighted by Crippen LogP contribution is -2.43. The minimum Gasteiger partial charge on any atom is -0.468 e. The normalized spacial score (nSPS) is 20.6. The van der Waals surface area contributed by atoms with E-state index in [0.29, 0.717) is 6.42 Å². The summed E-state index contributed by atoms with van der Waals surface area (Å²) in [5.41, 5.74) is 2.79. The Morgan fingerprint density at radius 3 is 2.60 bits per heavy atom. The largest absolute Gasteiger partial charge is 0.468 e. The number of alkyl halides is 3. The van der Waals surface area contributed by atoms with E-state index in [-0.39, 0.29) is 30.7 Å². The van der Waals surface area contributed by atoms with Crippen LogP contribution in [0.15, 0.2) is 54.7 Å². The smallest absolute Gasteiger partial charge is 0.422 e. The van der Waals surface area contributed by atoms with Gasteiger partial charge in [0.05, 0.1) is 6.04 Å². The summed E-state index contributed by atoms with van der Waals surface area (Å²) in [5, 5.41) is 0. The molecule has 2 aromatic rings. The number of amides is 1. The monoisotopic (exact) mass is 418 g/mol. The number of hydrogen-bond acceptors (Lipinski definition) is 4. The molecule has 158 valence electrons. The van der Waals surface area contributed by atoms with E-state index in [9.17, 15) is 18.0 Å². The van der Waals surface area contributed by atoms with Gasteiger partial charge in [-0.2, -0.15) is 13.2 Å². The first kappa shape index (κ1) is 20.3. The predicted octanol–water partition coefficient (Wildman–Crippen LogP) is 4.98. The van der Waals surface area contributed by atoms with Crippen molar-refractivity contribution in [3.63, 3.8) is 0 Å². The first-order valence-corrected chi connectivity index (χ1v) is 9.75. The van der Waals surface area contributed by atoms with Gasteiger partial charge < -0.3 is 9.47 Å². The highest BCUT2D eigenvalue weighted by atomic mass is 19.4. The van der Waals surface area contributed by atoms with E-state index in [1.807, 2.05) is 36.4 Å². The SMILES string of the molecule is O=C(OCc1ccccc1)N1C2C=C(c3ccc(OCC(F)(F)F)nc3)CC1CC2. The molecule has 1 aromatic carbocycles. The molecule has 1 amide bonds. The Bertz CT molecular complexity index is 913. The second-order valence-electron chi connectivity index (χ2n) is 7.43. The average molecular weight is 418 g/mol. The summed E-state index contributed by atoms with van der Waals surface area (Å²) in [6.07, 6.45) is 1.21. The minimum atomic E-state index is -4.40. The summed E-state index contributed by atoms with van der Waals surface area (Å²) >= 11 is 0. The number of aromatic nitrogens is 1. The van der Waals surface area contributed by atoms with Crippen LogP contribution in [0.2, 0.25) is 0 Å². The Balaban J connectivity index is 1.39. The molecule has 3 heterocycles. The summed E-state index contributed by atoms with van der Waals surface area (Å²) in [6, 6.07) is 12.6. The summed E-state index contributed by atoms with van der Waals surface area (Å²) in [6.45, 7) is -1.14. The topological polar surface area (TPSA) is 51.7 Å². The Hall–Kier alpha value is -3.03. The van der Waals surface area contributed by atoms with Crippen molar-refractivity contribution in [1.82, 2.24) is 9.88 Å². The Labute approximate surface area is 172 Å². The third-order valence-corrected chi connectivity index (χ3v) is 5.30. The van der Waals surface area contributed by atoms with Crippen LogP contribution in [0.5, 0.6) is 5.88 Å². The highest BCUT2D eigenvalue weighted by Gasteiger charge is 2.40. The van der Waals surface area contributed by atoms with E-state index in [1.165, 1.54) is 12.3 Å². The molecule has 0 aliphatic carbocycles. The molecule has 5 nitrogen and oxygen atoms in total. The van der Waals surface area contributed by atoms with Crippen molar-refractivity contribution < 1.29 is 27.4 Å². The minimum absolute atomic E-state index is 0.0411. The fourth-order valence-corrected chi connectivity index (χ4v) is 3.93. The molecule has 8 heteroatoms. The summed E-state index contributed by atoms with van der Waals surface area (Å²) < 4.78 is 46.9. The Morgan fingerprint density at radius 1 is 1.13 bits per heavy atom. The van der Waals surface area contributed by atoms with E-state index < -0.39 is 12.8 Å². The van der Waals surface area contributed by atoms with Gasteiger partial charge in [0.15, 0.2) is 6.61 Å². The van der Waals surface area contributed by atoms with Crippen LogP contribution in [0, 0.1) is 0 Å². The zero-order valence-corrected chi connectivity index (χ0v) is 16.1. The van der Waals surface area contributed by atoms with Crippen LogP contribution in [0.1, 0.15) is 30.4 Å². The number of nitrogens with zero attached hydrogens (tertiary/aromatic N) is 2. The molecular weight excluding hydrogens is 397 g/mol. The quantitative estimate of drug-likeness (QED) is 0.687. The van der Waals surface area contributed by atoms with Crippen LogP contribution in [0.3, 0.4) is 0 Å². The van der Waals surface area contributed by atoms with Gasteiger partial charge in [-0.15, -0.1) is 0 Å². The van der Waals surface area contributed by atoms with Crippen LogP contribution in [-0.2, 0) is 11.3 Å². The lowest BCUT2D eigenvalue weighted by atomic mass is 9.96. The van der Waals surface area contributed by atoms with E-state index in [2.05, 4.69) is 9.72 Å². The molecule has 4 rings (SSSR count). The molecule has 2 bridgehead atoms. The van der Waals surface area contributed by atoms with Crippen molar-refractivity contribution in [2.75, 3.05) is 6.61 Å². The maximum absolute atomic E-state index is 12.6. The molecule has 2 unspecified atom stereocenters. The Kier molecular flexibility index (Phi) is 5.65. The number of carbonyl (C=O) groups excluding carboxylic acids is 1. The van der Waals surface area contributed by atoms with E-state index in [1.54, 1.807) is 11.0 Å². The molecular formula is C22H21F3N2O3. The fraction of sp³-hybridized carbons (Fsp3) is 0.364. The first-order valence-electron chi connectivity index (χ1n) is 9.75. The molecule has 0 radical (unpaired) electrons. The standard InChI is InChI=1S/C22H21F3N2O3/c23-22(24,25)14-30-20-9-6-16(12-26-20)17-10-18-7-8-19(11-17)27(18)21(28)29-13-15-4-2-1-3-5-15/h1-6,9-10,12,18-19H,7-8,11,13-14H2. The number of pyridine rings is 1. The van der Waals surface area contributed by atoms with E-state index in [0.717, 1.165) is 29.5 Å². The third-order valence-electron chi connectivity index (χ3n) is 5.30. The van der Waals surface area contributed by atoms with Gasteiger partial charge in [0, 0.05) is 18.3 Å². The third kappa shape index (κ3) is 4.75. The van der Waals surface area contributed by atoms with Gasteiger partial charge in [0.25, 0.3) is 0 Å².